The number of hydrogen-bond acceptors (Lipinski definition) is 7. The van der Waals surface area contributed by atoms with Crippen LogP contribution in [0.25, 0.3) is 4.96 Å². The minimum absolute atomic E-state index is 0.100. The van der Waals surface area contributed by atoms with Crippen molar-refractivity contribution in [3.8, 4) is 0 Å². The molecule has 3 heterocycles. The minimum Gasteiger partial charge on any atom is -0.388 e. The highest BCUT2D eigenvalue weighted by atomic mass is 32.1. The van der Waals surface area contributed by atoms with Gasteiger partial charge in [-0.05, 0) is 4.92 Å². The van der Waals surface area contributed by atoms with E-state index in [0.717, 1.165) is 0 Å². The van der Waals surface area contributed by atoms with Gasteiger partial charge in [-0.25, -0.2) is 0 Å². The fourth-order valence-corrected chi connectivity index (χ4v) is 2.95. The predicted octanol–water partition coefficient (Wildman–Crippen LogP) is 1.26. The van der Waals surface area contributed by atoms with Crippen LogP contribution >= 0.6 is 11.3 Å². The molecule has 0 spiro atoms. The number of anilines is 1. The van der Waals surface area contributed by atoms with Gasteiger partial charge in [-0.15, -0.1) is 0 Å². The van der Waals surface area contributed by atoms with E-state index in [1.54, 1.807) is 11.6 Å². The topological polar surface area (TPSA) is 102 Å². The van der Waals surface area contributed by atoms with Crippen LogP contribution in [-0.2, 0) is 4.74 Å². The van der Waals surface area contributed by atoms with Gasteiger partial charge in [0.2, 0.25) is 5.82 Å². The maximum atomic E-state index is 11.2. The van der Waals surface area contributed by atoms with Crippen LogP contribution in [0.2, 0.25) is 0 Å². The third kappa shape index (κ3) is 2.35. The Balaban J connectivity index is 1.81. The molecule has 8 nitrogen and oxygen atoms in total. The van der Waals surface area contributed by atoms with Crippen LogP contribution in [-0.4, -0.2) is 44.8 Å². The number of aliphatic hydroxyl groups is 1. The lowest BCUT2D eigenvalue weighted by molar-refractivity contribution is -0.389. The van der Waals surface area contributed by atoms with E-state index in [0.29, 0.717) is 31.0 Å². The van der Waals surface area contributed by atoms with Gasteiger partial charge in [-0.2, -0.15) is 9.38 Å². The van der Waals surface area contributed by atoms with Crippen LogP contribution in [0.15, 0.2) is 11.6 Å². The number of rotatable bonds is 4. The van der Waals surface area contributed by atoms with Gasteiger partial charge in [0.1, 0.15) is 6.20 Å². The molecular weight excluding hydrogens is 284 g/mol. The Labute approximate surface area is 118 Å². The second-order valence-corrected chi connectivity index (χ2v) is 5.66. The molecule has 2 aromatic rings. The van der Waals surface area contributed by atoms with Crippen molar-refractivity contribution in [3.05, 3.63) is 21.7 Å². The van der Waals surface area contributed by atoms with Crippen LogP contribution in [0.3, 0.4) is 0 Å². The average molecular weight is 298 g/mol. The number of ether oxygens (including phenoxy) is 1. The van der Waals surface area contributed by atoms with Crippen LogP contribution in [0, 0.1) is 10.1 Å². The summed E-state index contributed by atoms with van der Waals surface area (Å²) in [4.78, 5) is 15.4. The first-order chi connectivity index (χ1) is 9.59. The first kappa shape index (κ1) is 13.3. The molecule has 3 rings (SSSR count). The van der Waals surface area contributed by atoms with Crippen molar-refractivity contribution in [1.29, 1.82) is 0 Å². The summed E-state index contributed by atoms with van der Waals surface area (Å²) in [6.45, 7) is 1.22. The number of fused-ring (bicyclic) bond motifs is 1. The van der Waals surface area contributed by atoms with E-state index in [1.807, 2.05) is 0 Å². The zero-order valence-corrected chi connectivity index (χ0v) is 11.4. The van der Waals surface area contributed by atoms with E-state index in [9.17, 15) is 15.2 Å². The van der Waals surface area contributed by atoms with E-state index in [-0.39, 0.29) is 18.2 Å². The number of imidazole rings is 1. The van der Waals surface area contributed by atoms with Gasteiger partial charge >= 0.3 is 5.82 Å². The van der Waals surface area contributed by atoms with Crippen molar-refractivity contribution in [3.63, 3.8) is 0 Å². The van der Waals surface area contributed by atoms with Gasteiger partial charge < -0.3 is 25.3 Å². The summed E-state index contributed by atoms with van der Waals surface area (Å²) in [5, 5.41) is 26.1. The van der Waals surface area contributed by atoms with Crippen LogP contribution in [0.4, 0.5) is 11.6 Å². The van der Waals surface area contributed by atoms with E-state index < -0.39 is 10.5 Å². The molecule has 2 N–H and O–H groups in total. The molecule has 1 aliphatic heterocycles. The van der Waals surface area contributed by atoms with E-state index in [2.05, 4.69) is 10.3 Å². The third-order valence-corrected chi connectivity index (χ3v) is 4.17. The fourth-order valence-electron chi connectivity index (χ4n) is 2.24. The second-order valence-electron chi connectivity index (χ2n) is 4.79. The summed E-state index contributed by atoms with van der Waals surface area (Å²) in [5.74, 6) is 0.0960. The molecule has 0 saturated carbocycles. The molecule has 2 aromatic heterocycles. The second kappa shape index (κ2) is 5.00. The molecule has 1 saturated heterocycles. The lowest BCUT2D eigenvalue weighted by Gasteiger charge is -2.31. The highest BCUT2D eigenvalue weighted by Crippen LogP contribution is 2.29. The molecule has 1 fully saturated rings. The molecule has 0 unspecified atom stereocenters. The summed E-state index contributed by atoms with van der Waals surface area (Å²) >= 11 is 1.33. The lowest BCUT2D eigenvalue weighted by atomic mass is 9.94. The van der Waals surface area contributed by atoms with Crippen molar-refractivity contribution in [2.24, 2.45) is 0 Å². The molecule has 0 atom stereocenters. The lowest BCUT2D eigenvalue weighted by Crippen LogP contribution is -2.42. The number of hydrogen-bond donors (Lipinski definition) is 2. The van der Waals surface area contributed by atoms with E-state index in [1.165, 1.54) is 15.7 Å². The molecule has 1 aliphatic rings. The SMILES string of the molecule is O=[N+]([O-])c1c(NCC2(O)CCOCC2)nc2sccn12. The molecule has 0 bridgehead atoms. The Morgan fingerprint density at radius 1 is 1.60 bits per heavy atom. The monoisotopic (exact) mass is 298 g/mol. The standard InChI is InChI=1S/C11H14N4O4S/c16-11(1-4-19-5-2-11)7-12-8-9(15(17)18)14-3-6-20-10(14)13-8/h3,6,12,16H,1-2,4-5,7H2. The van der Waals surface area contributed by atoms with Crippen molar-refractivity contribution >= 4 is 27.9 Å². The fraction of sp³-hybridized carbons (Fsp3) is 0.545. The van der Waals surface area contributed by atoms with E-state index >= 15 is 0 Å². The molecule has 108 valence electrons. The highest BCUT2D eigenvalue weighted by molar-refractivity contribution is 7.15. The molecule has 20 heavy (non-hydrogen) atoms. The Bertz CT molecular complexity index is 631. The summed E-state index contributed by atoms with van der Waals surface area (Å²) < 4.78 is 6.63. The third-order valence-electron chi connectivity index (χ3n) is 3.42. The maximum Gasteiger partial charge on any atom is 0.372 e. The van der Waals surface area contributed by atoms with Gasteiger partial charge in [-0.3, -0.25) is 0 Å². The molecule has 9 heteroatoms. The summed E-state index contributed by atoms with van der Waals surface area (Å²) in [6.07, 6.45) is 2.63. The smallest absolute Gasteiger partial charge is 0.372 e. The Morgan fingerprint density at radius 2 is 2.35 bits per heavy atom. The first-order valence-corrected chi connectivity index (χ1v) is 7.11. The van der Waals surface area contributed by atoms with Gasteiger partial charge in [-0.1, -0.05) is 11.3 Å². The number of nitrogens with zero attached hydrogens (tertiary/aromatic N) is 3. The number of nitrogens with one attached hydrogen (secondary N) is 1. The Hall–Kier alpha value is -1.71. The molecule has 0 aliphatic carbocycles. The zero-order chi connectivity index (χ0) is 14.2. The number of aromatic nitrogens is 2. The molecule has 0 aromatic carbocycles. The molecule has 0 radical (unpaired) electrons. The van der Waals surface area contributed by atoms with Crippen molar-refractivity contribution in [2.75, 3.05) is 25.1 Å². The quantitative estimate of drug-likeness (QED) is 0.651. The minimum atomic E-state index is -0.900. The zero-order valence-electron chi connectivity index (χ0n) is 10.6. The van der Waals surface area contributed by atoms with Gasteiger partial charge in [0.15, 0.2) is 0 Å². The van der Waals surface area contributed by atoms with E-state index in [4.69, 9.17) is 4.74 Å². The van der Waals surface area contributed by atoms with Gasteiger partial charge in [0, 0.05) is 38.0 Å². The summed E-state index contributed by atoms with van der Waals surface area (Å²) in [6, 6.07) is 0. The number of nitro groups is 1. The van der Waals surface area contributed by atoms with Crippen LogP contribution in [0.1, 0.15) is 12.8 Å². The van der Waals surface area contributed by atoms with Crippen LogP contribution in [0.5, 0.6) is 0 Å². The predicted molar refractivity (Wildman–Crippen MR) is 73.2 cm³/mol. The normalized spacial score (nSPS) is 18.2. The number of thiazole rings is 1. The van der Waals surface area contributed by atoms with Crippen molar-refractivity contribution in [2.45, 2.75) is 18.4 Å². The Morgan fingerprint density at radius 3 is 3.05 bits per heavy atom. The first-order valence-electron chi connectivity index (χ1n) is 6.23. The van der Waals surface area contributed by atoms with Gasteiger partial charge in [0.25, 0.3) is 4.96 Å². The largest absolute Gasteiger partial charge is 0.388 e. The van der Waals surface area contributed by atoms with Crippen molar-refractivity contribution < 1.29 is 14.8 Å². The summed E-state index contributed by atoms with van der Waals surface area (Å²) in [7, 11) is 0. The highest BCUT2D eigenvalue weighted by Gasteiger charge is 2.31. The van der Waals surface area contributed by atoms with Crippen molar-refractivity contribution in [1.82, 2.24) is 9.38 Å². The molecular formula is C11H14N4O4S. The average Bonchev–Trinajstić information content (AvgIpc) is 2.96. The maximum absolute atomic E-state index is 11.2. The van der Waals surface area contributed by atoms with Gasteiger partial charge in [0.05, 0.1) is 5.60 Å². The van der Waals surface area contributed by atoms with Crippen LogP contribution < -0.4 is 5.32 Å². The molecule has 0 amide bonds. The Kier molecular flexibility index (Phi) is 3.32. The summed E-state index contributed by atoms with van der Waals surface area (Å²) in [5.41, 5.74) is -0.900.